The third-order valence-corrected chi connectivity index (χ3v) is 5.15. The summed E-state index contributed by atoms with van der Waals surface area (Å²) in [6.45, 7) is 6.43. The smallest absolute Gasteiger partial charge is 0.221 e. The second-order valence-electron chi connectivity index (χ2n) is 7.07. The molecule has 0 bridgehead atoms. The number of nitrogens with one attached hydrogen (secondary N) is 1. The second-order valence-corrected chi connectivity index (χ2v) is 7.07. The van der Waals surface area contributed by atoms with E-state index in [4.69, 9.17) is 4.74 Å². The summed E-state index contributed by atoms with van der Waals surface area (Å²) in [5.74, 6) is 1.55. The first-order chi connectivity index (χ1) is 14.2. The van der Waals surface area contributed by atoms with Crippen LogP contribution in [0.25, 0.3) is 11.3 Å². The molecule has 1 aliphatic heterocycles. The Labute approximate surface area is 169 Å². The minimum absolute atomic E-state index is 0.548. The number of piperazine rings is 1. The zero-order chi connectivity index (χ0) is 20.2. The molecule has 148 valence electrons. The Morgan fingerprint density at radius 2 is 2.00 bits per heavy atom. The molecule has 0 radical (unpaired) electrons. The molecule has 0 unspecified atom stereocenters. The number of hydrogen-bond donors (Lipinski definition) is 1. The van der Waals surface area contributed by atoms with Crippen molar-refractivity contribution in [1.82, 2.24) is 25.1 Å². The molecular weight excluding hydrogens is 366 g/mol. The number of H-pyrrole nitrogens is 1. The topological polar surface area (TPSA) is 94.0 Å². The Morgan fingerprint density at radius 1 is 1.17 bits per heavy atom. The molecule has 29 heavy (non-hydrogen) atoms. The van der Waals surface area contributed by atoms with Gasteiger partial charge in [-0.15, -0.1) is 0 Å². The van der Waals surface area contributed by atoms with Crippen LogP contribution in [0.15, 0.2) is 36.7 Å². The third kappa shape index (κ3) is 4.05. The largest absolute Gasteiger partial charge is 0.496 e. The first kappa shape index (κ1) is 18.9. The van der Waals surface area contributed by atoms with E-state index in [1.54, 1.807) is 7.11 Å². The van der Waals surface area contributed by atoms with E-state index in [0.717, 1.165) is 55.7 Å². The van der Waals surface area contributed by atoms with Gasteiger partial charge in [-0.05, 0) is 36.8 Å². The lowest BCUT2D eigenvalue weighted by atomic mass is 10.0. The maximum absolute atomic E-state index is 9.51. The van der Waals surface area contributed by atoms with Crippen molar-refractivity contribution in [3.8, 4) is 23.1 Å². The molecule has 1 fully saturated rings. The molecule has 1 aromatic carbocycles. The number of pyridine rings is 1. The van der Waals surface area contributed by atoms with Crippen LogP contribution in [-0.2, 0) is 6.54 Å². The van der Waals surface area contributed by atoms with Gasteiger partial charge in [0.1, 0.15) is 18.1 Å². The molecule has 1 saturated heterocycles. The lowest BCUT2D eigenvalue weighted by Gasteiger charge is -2.34. The average molecular weight is 389 g/mol. The van der Waals surface area contributed by atoms with Gasteiger partial charge in [0.05, 0.1) is 18.4 Å². The minimum Gasteiger partial charge on any atom is -0.496 e. The number of rotatable bonds is 5. The summed E-state index contributed by atoms with van der Waals surface area (Å²) >= 11 is 0. The second kappa shape index (κ2) is 8.29. The van der Waals surface area contributed by atoms with E-state index < -0.39 is 0 Å². The summed E-state index contributed by atoms with van der Waals surface area (Å²) in [6.07, 6.45) is 1.54. The monoisotopic (exact) mass is 389 g/mol. The number of anilines is 1. The molecule has 1 aliphatic rings. The molecule has 0 saturated carbocycles. The normalized spacial score (nSPS) is 14.6. The van der Waals surface area contributed by atoms with E-state index in [0.29, 0.717) is 11.3 Å². The van der Waals surface area contributed by atoms with Gasteiger partial charge in [-0.2, -0.15) is 15.3 Å². The van der Waals surface area contributed by atoms with Crippen molar-refractivity contribution < 1.29 is 4.74 Å². The molecule has 0 aliphatic carbocycles. The van der Waals surface area contributed by atoms with Crippen molar-refractivity contribution in [2.45, 2.75) is 13.5 Å². The maximum Gasteiger partial charge on any atom is 0.221 e. The van der Waals surface area contributed by atoms with Gasteiger partial charge in [0, 0.05) is 44.0 Å². The molecule has 4 rings (SSSR count). The third-order valence-electron chi connectivity index (χ3n) is 5.15. The van der Waals surface area contributed by atoms with Gasteiger partial charge in [0.15, 0.2) is 0 Å². The quantitative estimate of drug-likeness (QED) is 0.716. The van der Waals surface area contributed by atoms with Crippen molar-refractivity contribution >= 4 is 5.95 Å². The Hall–Kier alpha value is -3.44. The maximum atomic E-state index is 9.51. The molecule has 0 spiro atoms. The van der Waals surface area contributed by atoms with Crippen molar-refractivity contribution in [1.29, 1.82) is 5.26 Å². The molecule has 0 atom stereocenters. The molecule has 1 N–H and O–H groups in total. The highest BCUT2D eigenvalue weighted by Gasteiger charge is 2.20. The van der Waals surface area contributed by atoms with Crippen LogP contribution < -0.4 is 9.64 Å². The molecule has 8 heteroatoms. The first-order valence-electron chi connectivity index (χ1n) is 9.55. The van der Waals surface area contributed by atoms with E-state index in [9.17, 15) is 5.26 Å². The van der Waals surface area contributed by atoms with Gasteiger partial charge in [-0.25, -0.2) is 5.10 Å². The summed E-state index contributed by atoms with van der Waals surface area (Å²) in [5.41, 5.74) is 4.11. The fraction of sp³-hybridized carbons (Fsp3) is 0.333. The molecule has 3 aromatic rings. The van der Waals surface area contributed by atoms with Crippen LogP contribution in [0.5, 0.6) is 5.75 Å². The van der Waals surface area contributed by atoms with Gasteiger partial charge < -0.3 is 9.64 Å². The van der Waals surface area contributed by atoms with Gasteiger partial charge in [-0.3, -0.25) is 9.88 Å². The summed E-state index contributed by atoms with van der Waals surface area (Å²) in [4.78, 5) is 13.5. The van der Waals surface area contributed by atoms with Crippen LogP contribution in [0.4, 0.5) is 5.95 Å². The van der Waals surface area contributed by atoms with Crippen LogP contribution in [0, 0.1) is 18.3 Å². The summed E-state index contributed by atoms with van der Waals surface area (Å²) in [5, 5.41) is 16.4. The van der Waals surface area contributed by atoms with Gasteiger partial charge in [0.25, 0.3) is 0 Å². The lowest BCUT2D eigenvalue weighted by Crippen LogP contribution is -2.46. The van der Waals surface area contributed by atoms with Crippen LogP contribution in [-0.4, -0.2) is 58.4 Å². The highest BCUT2D eigenvalue weighted by Crippen LogP contribution is 2.32. The van der Waals surface area contributed by atoms with E-state index in [1.165, 1.54) is 11.9 Å². The summed E-state index contributed by atoms with van der Waals surface area (Å²) in [7, 11) is 1.64. The zero-order valence-electron chi connectivity index (χ0n) is 16.6. The SMILES string of the molecule is COc1ccc(CN2CCN(c3ncn[nH]3)CC2)cc1-c1nc(C)ccc1C#N. The van der Waals surface area contributed by atoms with Crippen molar-refractivity contribution in [3.63, 3.8) is 0 Å². The predicted molar refractivity (Wildman–Crippen MR) is 110 cm³/mol. The van der Waals surface area contributed by atoms with Crippen molar-refractivity contribution in [2.75, 3.05) is 38.2 Å². The molecule has 0 amide bonds. The van der Waals surface area contributed by atoms with Crippen molar-refractivity contribution in [3.05, 3.63) is 53.5 Å². The van der Waals surface area contributed by atoms with Crippen LogP contribution in [0.3, 0.4) is 0 Å². The van der Waals surface area contributed by atoms with E-state index in [-0.39, 0.29) is 0 Å². The number of aryl methyl sites for hydroxylation is 1. The predicted octanol–water partition coefficient (Wildman–Crippen LogP) is 2.38. The zero-order valence-corrected chi connectivity index (χ0v) is 16.6. The van der Waals surface area contributed by atoms with Gasteiger partial charge in [-0.1, -0.05) is 6.07 Å². The van der Waals surface area contributed by atoms with E-state index >= 15 is 0 Å². The van der Waals surface area contributed by atoms with E-state index in [1.807, 2.05) is 25.1 Å². The van der Waals surface area contributed by atoms with Crippen LogP contribution in [0.2, 0.25) is 0 Å². The Kier molecular flexibility index (Phi) is 5.40. The van der Waals surface area contributed by atoms with Gasteiger partial charge in [0.2, 0.25) is 5.95 Å². The molecule has 8 nitrogen and oxygen atoms in total. The Balaban J connectivity index is 1.54. The number of aromatic amines is 1. The van der Waals surface area contributed by atoms with E-state index in [2.05, 4.69) is 48.2 Å². The number of methoxy groups -OCH3 is 1. The fourth-order valence-corrected chi connectivity index (χ4v) is 3.62. The van der Waals surface area contributed by atoms with Crippen LogP contribution >= 0.6 is 0 Å². The number of nitrogens with zero attached hydrogens (tertiary/aromatic N) is 6. The minimum atomic E-state index is 0.548. The van der Waals surface area contributed by atoms with Crippen molar-refractivity contribution in [2.24, 2.45) is 0 Å². The lowest BCUT2D eigenvalue weighted by molar-refractivity contribution is 0.248. The number of hydrogen-bond acceptors (Lipinski definition) is 7. The standard InChI is InChI=1S/C21H23N7O/c1-15-3-5-17(12-22)20(25-15)18-11-16(4-6-19(18)29-2)13-27-7-9-28(10-8-27)21-23-14-24-26-21/h3-6,11,14H,7-10,13H2,1-2H3,(H,23,24,26). The first-order valence-corrected chi connectivity index (χ1v) is 9.55. The average Bonchev–Trinajstić information content (AvgIpc) is 3.29. The number of ether oxygens (including phenoxy) is 1. The molecule has 3 heterocycles. The summed E-state index contributed by atoms with van der Waals surface area (Å²) < 4.78 is 5.55. The number of benzene rings is 1. The molecular formula is C21H23N7O. The number of aromatic nitrogens is 4. The Bertz CT molecular complexity index is 1020. The Morgan fingerprint density at radius 3 is 2.69 bits per heavy atom. The van der Waals surface area contributed by atoms with Crippen LogP contribution in [0.1, 0.15) is 16.8 Å². The highest BCUT2D eigenvalue weighted by atomic mass is 16.5. The number of nitriles is 1. The molecule has 2 aromatic heterocycles. The summed E-state index contributed by atoms with van der Waals surface area (Å²) in [6, 6.07) is 12.0. The van der Waals surface area contributed by atoms with Gasteiger partial charge >= 0.3 is 0 Å². The highest BCUT2D eigenvalue weighted by molar-refractivity contribution is 5.73. The fourth-order valence-electron chi connectivity index (χ4n) is 3.62.